The van der Waals surface area contributed by atoms with Crippen molar-refractivity contribution >= 4 is 29.0 Å². The molecule has 1 heterocycles. The van der Waals surface area contributed by atoms with Gasteiger partial charge in [-0.3, -0.25) is 0 Å². The molecule has 3 rings (SSSR count). The SMILES string of the molecule is CCOC1=CCCc2cnc(Nc3cccc(Cl)c3)nc21. The second-order valence-corrected chi connectivity index (χ2v) is 5.18. The minimum atomic E-state index is 0.545. The number of allylic oxidation sites excluding steroid dienone is 1. The minimum absolute atomic E-state index is 0.545. The molecule has 0 atom stereocenters. The summed E-state index contributed by atoms with van der Waals surface area (Å²) in [5, 5.41) is 3.84. The number of hydrogen-bond donors (Lipinski definition) is 1. The third-order valence-electron chi connectivity index (χ3n) is 3.22. The van der Waals surface area contributed by atoms with E-state index in [1.165, 1.54) is 0 Å². The molecule has 0 spiro atoms. The molecule has 4 nitrogen and oxygen atoms in total. The van der Waals surface area contributed by atoms with Crippen LogP contribution < -0.4 is 5.32 Å². The maximum absolute atomic E-state index is 5.98. The van der Waals surface area contributed by atoms with Gasteiger partial charge in [0.1, 0.15) is 11.5 Å². The highest BCUT2D eigenvalue weighted by Crippen LogP contribution is 2.27. The number of anilines is 2. The minimum Gasteiger partial charge on any atom is -0.492 e. The average molecular weight is 302 g/mol. The summed E-state index contributed by atoms with van der Waals surface area (Å²) in [6.45, 7) is 2.60. The maximum Gasteiger partial charge on any atom is 0.227 e. The van der Waals surface area contributed by atoms with E-state index in [9.17, 15) is 0 Å². The van der Waals surface area contributed by atoms with E-state index >= 15 is 0 Å². The van der Waals surface area contributed by atoms with Crippen LogP contribution in [0.5, 0.6) is 0 Å². The zero-order valence-electron chi connectivity index (χ0n) is 11.8. The third-order valence-corrected chi connectivity index (χ3v) is 3.46. The van der Waals surface area contributed by atoms with E-state index in [4.69, 9.17) is 16.3 Å². The number of rotatable bonds is 4. The molecule has 1 aliphatic carbocycles. The van der Waals surface area contributed by atoms with Gasteiger partial charge in [-0.05, 0) is 44.0 Å². The lowest BCUT2D eigenvalue weighted by Gasteiger charge is -2.17. The summed E-state index contributed by atoms with van der Waals surface area (Å²) in [5.41, 5.74) is 2.86. The second kappa shape index (κ2) is 6.14. The molecule has 108 valence electrons. The summed E-state index contributed by atoms with van der Waals surface area (Å²) in [6, 6.07) is 7.47. The fourth-order valence-electron chi connectivity index (χ4n) is 2.30. The molecule has 5 heteroatoms. The molecular weight excluding hydrogens is 286 g/mol. The summed E-state index contributed by atoms with van der Waals surface area (Å²) in [7, 11) is 0. The molecule has 21 heavy (non-hydrogen) atoms. The lowest BCUT2D eigenvalue weighted by Crippen LogP contribution is -2.08. The van der Waals surface area contributed by atoms with Gasteiger partial charge in [0.15, 0.2) is 0 Å². The summed E-state index contributed by atoms with van der Waals surface area (Å²) in [6.07, 6.45) is 5.86. The Labute approximate surface area is 128 Å². The van der Waals surface area contributed by atoms with Gasteiger partial charge in [-0.2, -0.15) is 0 Å². The fraction of sp³-hybridized carbons (Fsp3) is 0.250. The lowest BCUT2D eigenvalue weighted by atomic mass is 10.0. The molecule has 0 radical (unpaired) electrons. The number of aryl methyl sites for hydroxylation is 1. The molecule has 0 aliphatic heterocycles. The number of aromatic nitrogens is 2. The van der Waals surface area contributed by atoms with E-state index in [1.54, 1.807) is 0 Å². The van der Waals surface area contributed by atoms with Gasteiger partial charge < -0.3 is 10.1 Å². The Kier molecular flexibility index (Phi) is 4.06. The molecule has 0 saturated heterocycles. The van der Waals surface area contributed by atoms with E-state index in [0.717, 1.165) is 35.5 Å². The van der Waals surface area contributed by atoms with Crippen LogP contribution in [-0.2, 0) is 11.2 Å². The standard InChI is InChI=1S/C16H16ClN3O/c1-2-21-14-8-3-5-11-10-18-16(20-15(11)14)19-13-7-4-6-12(17)9-13/h4,6-10H,2-3,5H2,1H3,(H,18,19,20). The van der Waals surface area contributed by atoms with E-state index in [-0.39, 0.29) is 0 Å². The molecule has 0 unspecified atom stereocenters. The normalized spacial score (nSPS) is 13.3. The first-order valence-corrected chi connectivity index (χ1v) is 7.36. The smallest absolute Gasteiger partial charge is 0.227 e. The molecule has 1 aromatic heterocycles. The number of nitrogens with one attached hydrogen (secondary N) is 1. The molecule has 0 bridgehead atoms. The van der Waals surface area contributed by atoms with Crippen molar-refractivity contribution in [2.75, 3.05) is 11.9 Å². The molecule has 2 aromatic rings. The van der Waals surface area contributed by atoms with Crippen LogP contribution in [0.3, 0.4) is 0 Å². The number of halogens is 1. The zero-order valence-corrected chi connectivity index (χ0v) is 12.5. The second-order valence-electron chi connectivity index (χ2n) is 4.74. The van der Waals surface area contributed by atoms with Gasteiger partial charge in [-0.1, -0.05) is 17.7 Å². The van der Waals surface area contributed by atoms with Crippen LogP contribution in [-0.4, -0.2) is 16.6 Å². The number of hydrogen-bond acceptors (Lipinski definition) is 4. The van der Waals surface area contributed by atoms with Gasteiger partial charge >= 0.3 is 0 Å². The highest BCUT2D eigenvalue weighted by Gasteiger charge is 2.16. The quantitative estimate of drug-likeness (QED) is 0.919. The summed E-state index contributed by atoms with van der Waals surface area (Å²) in [5.74, 6) is 1.39. The lowest BCUT2D eigenvalue weighted by molar-refractivity contribution is 0.294. The van der Waals surface area contributed by atoms with Gasteiger partial charge in [0, 0.05) is 22.5 Å². The summed E-state index contributed by atoms with van der Waals surface area (Å²) in [4.78, 5) is 8.94. The van der Waals surface area contributed by atoms with Crippen LogP contribution >= 0.6 is 11.6 Å². The molecule has 1 aromatic carbocycles. The van der Waals surface area contributed by atoms with Crippen LogP contribution in [0, 0.1) is 0 Å². The Balaban J connectivity index is 1.89. The van der Waals surface area contributed by atoms with Crippen molar-refractivity contribution in [2.24, 2.45) is 0 Å². The van der Waals surface area contributed by atoms with Crippen molar-refractivity contribution in [3.05, 3.63) is 52.8 Å². The highest BCUT2D eigenvalue weighted by atomic mass is 35.5. The van der Waals surface area contributed by atoms with Gasteiger partial charge in [-0.15, -0.1) is 0 Å². The van der Waals surface area contributed by atoms with Crippen molar-refractivity contribution in [3.63, 3.8) is 0 Å². The van der Waals surface area contributed by atoms with Gasteiger partial charge in [0.05, 0.1) is 6.61 Å². The highest BCUT2D eigenvalue weighted by molar-refractivity contribution is 6.30. The fourth-order valence-corrected chi connectivity index (χ4v) is 2.49. The Bertz CT molecular complexity index is 685. The van der Waals surface area contributed by atoms with Crippen molar-refractivity contribution in [2.45, 2.75) is 19.8 Å². The first-order chi connectivity index (χ1) is 10.3. The number of benzene rings is 1. The molecule has 1 aliphatic rings. The van der Waals surface area contributed by atoms with E-state index in [0.29, 0.717) is 17.6 Å². The third kappa shape index (κ3) is 3.16. The Morgan fingerprint density at radius 2 is 2.29 bits per heavy atom. The monoisotopic (exact) mass is 301 g/mol. The predicted octanol–water partition coefficient (Wildman–Crippen LogP) is 4.20. The van der Waals surface area contributed by atoms with E-state index in [1.807, 2.05) is 37.4 Å². The molecular formula is C16H16ClN3O. The molecule has 0 fully saturated rings. The van der Waals surface area contributed by atoms with E-state index in [2.05, 4.69) is 21.4 Å². The van der Waals surface area contributed by atoms with Crippen LogP contribution in [0.4, 0.5) is 11.6 Å². The Morgan fingerprint density at radius 3 is 3.10 bits per heavy atom. The van der Waals surface area contributed by atoms with Crippen LogP contribution in [0.1, 0.15) is 24.6 Å². The van der Waals surface area contributed by atoms with Crippen molar-refractivity contribution in [3.8, 4) is 0 Å². The van der Waals surface area contributed by atoms with Crippen molar-refractivity contribution in [1.29, 1.82) is 0 Å². The molecule has 0 saturated carbocycles. The maximum atomic E-state index is 5.98. The van der Waals surface area contributed by atoms with Crippen molar-refractivity contribution in [1.82, 2.24) is 9.97 Å². The zero-order chi connectivity index (χ0) is 14.7. The first-order valence-electron chi connectivity index (χ1n) is 6.98. The largest absolute Gasteiger partial charge is 0.492 e. The van der Waals surface area contributed by atoms with Gasteiger partial charge in [0.25, 0.3) is 0 Å². The predicted molar refractivity (Wildman–Crippen MR) is 84.7 cm³/mol. The first kappa shape index (κ1) is 13.9. The van der Waals surface area contributed by atoms with Gasteiger partial charge in [0.2, 0.25) is 5.95 Å². The van der Waals surface area contributed by atoms with E-state index < -0.39 is 0 Å². The topological polar surface area (TPSA) is 47.0 Å². The number of ether oxygens (including phenoxy) is 1. The number of nitrogens with zero attached hydrogens (tertiary/aromatic N) is 2. The Hall–Kier alpha value is -2.07. The Morgan fingerprint density at radius 1 is 1.38 bits per heavy atom. The summed E-state index contributed by atoms with van der Waals surface area (Å²) < 4.78 is 5.66. The van der Waals surface area contributed by atoms with Crippen LogP contribution in [0.2, 0.25) is 5.02 Å². The number of fused-ring (bicyclic) bond motifs is 1. The summed E-state index contributed by atoms with van der Waals surface area (Å²) >= 11 is 5.98. The van der Waals surface area contributed by atoms with Crippen molar-refractivity contribution < 1.29 is 4.74 Å². The van der Waals surface area contributed by atoms with Gasteiger partial charge in [-0.25, -0.2) is 9.97 Å². The van der Waals surface area contributed by atoms with Crippen LogP contribution in [0.25, 0.3) is 5.76 Å². The average Bonchev–Trinajstić information content (AvgIpc) is 2.48. The molecule has 1 N–H and O–H groups in total. The van der Waals surface area contributed by atoms with Crippen LogP contribution in [0.15, 0.2) is 36.5 Å². The molecule has 0 amide bonds.